The molecule has 7 nitrogen and oxygen atoms in total. The predicted molar refractivity (Wildman–Crippen MR) is 444 cm³/mol. The molecule has 0 unspecified atom stereocenters. The average molecular weight is 1630 g/mol. The summed E-state index contributed by atoms with van der Waals surface area (Å²) >= 11 is 0. The second-order valence-electron chi connectivity index (χ2n) is 27.1. The number of hydrogen-bond donors (Lipinski definition) is 4. The zero-order valence-electron chi connectivity index (χ0n) is 62.0. The minimum atomic E-state index is -2.69. The van der Waals surface area contributed by atoms with Crippen molar-refractivity contribution in [3.05, 3.63) is 364 Å². The zero-order chi connectivity index (χ0) is 69.8. The average Bonchev–Trinajstić information content (AvgIpc) is 1.62. The van der Waals surface area contributed by atoms with Gasteiger partial charge in [-0.1, -0.05) is 364 Å². The molecule has 538 valence electrons. The number of nitrogens with one attached hydrogen (secondary N) is 4. The first kappa shape index (κ1) is 88.9. The van der Waals surface area contributed by atoms with Gasteiger partial charge in [-0.3, -0.25) is 0 Å². The fourth-order valence-electron chi connectivity index (χ4n) is 14.6. The Morgan fingerprint density at radius 2 is 0.283 bits per heavy atom. The molecule has 106 heavy (non-hydrogen) atoms. The van der Waals surface area contributed by atoms with E-state index in [0.717, 1.165) is 39.6 Å². The van der Waals surface area contributed by atoms with Crippen molar-refractivity contribution in [2.45, 2.75) is 64.7 Å². The van der Waals surface area contributed by atoms with Crippen molar-refractivity contribution in [1.29, 1.82) is 0 Å². The van der Waals surface area contributed by atoms with E-state index in [-0.39, 0.29) is 82.3 Å². The van der Waals surface area contributed by atoms with Crippen molar-refractivity contribution in [3.8, 4) is 0 Å². The van der Waals surface area contributed by atoms with Crippen LogP contribution in [0, 0.1) is 0 Å². The van der Waals surface area contributed by atoms with Crippen LogP contribution in [0.15, 0.2) is 364 Å². The van der Waals surface area contributed by atoms with E-state index in [9.17, 15) is 0 Å². The first-order valence-electron chi connectivity index (χ1n) is 36.2. The maximum atomic E-state index is 4.94. The van der Waals surface area contributed by atoms with E-state index in [1.54, 1.807) is 0 Å². The van der Waals surface area contributed by atoms with Gasteiger partial charge in [0.2, 0.25) is 32.9 Å². The molecule has 18 heteroatoms. The summed E-state index contributed by atoms with van der Waals surface area (Å²) in [5, 5.41) is 16.3. The van der Waals surface area contributed by atoms with Crippen molar-refractivity contribution in [2.24, 2.45) is 0 Å². The van der Waals surface area contributed by atoms with E-state index in [2.05, 4.69) is 409 Å². The molecule has 0 spiro atoms. The van der Waals surface area contributed by atoms with Crippen LogP contribution in [0.5, 0.6) is 0 Å². The fourth-order valence-corrected chi connectivity index (χ4v) is 50.5. The molecular formula is C88H100Cl3LiN4O3Si6Zr+2. The van der Waals surface area contributed by atoms with Crippen LogP contribution in [0.25, 0.3) is 0 Å². The molecule has 0 saturated carbocycles. The molecule has 0 atom stereocenters. The summed E-state index contributed by atoms with van der Waals surface area (Å²) in [4.78, 5) is 0. The van der Waals surface area contributed by atoms with E-state index in [4.69, 9.17) is 14.2 Å². The Bertz CT molecular complexity index is 3330. The van der Waals surface area contributed by atoms with Gasteiger partial charge in [0.1, 0.15) is 0 Å². The molecule has 0 aromatic heterocycles. The summed E-state index contributed by atoms with van der Waals surface area (Å²) < 4.78 is 32.9. The molecule has 12 aromatic rings. The number of hydrogen-bond acceptors (Lipinski definition) is 7. The maximum Gasteiger partial charge on any atom is 4.00 e. The predicted octanol–water partition coefficient (Wildman–Crippen LogP) is -1.19. The molecule has 3 saturated heterocycles. The summed E-state index contributed by atoms with van der Waals surface area (Å²) in [5.41, 5.74) is 0. The number of benzene rings is 12. The number of halogens is 3. The van der Waals surface area contributed by atoms with Crippen molar-refractivity contribution >= 4 is 112 Å². The molecule has 3 fully saturated rings. The monoisotopic (exact) mass is 1630 g/mol. The Kier molecular flexibility index (Phi) is 37.9. The molecular weight excluding hydrogens is 1530 g/mol. The van der Waals surface area contributed by atoms with Gasteiger partial charge >= 0.3 is 45.1 Å². The van der Waals surface area contributed by atoms with Gasteiger partial charge in [0.15, 0.2) is 16.8 Å². The molecule has 0 bridgehead atoms. The van der Waals surface area contributed by atoms with E-state index < -0.39 is 49.7 Å². The van der Waals surface area contributed by atoms with Crippen molar-refractivity contribution in [3.63, 3.8) is 0 Å². The Hall–Kier alpha value is -5.99. The van der Waals surface area contributed by atoms with E-state index in [0.29, 0.717) is 0 Å². The van der Waals surface area contributed by atoms with Gasteiger partial charge in [-0.15, -0.1) is 0 Å². The second-order valence-corrected chi connectivity index (χ2v) is 50.5. The van der Waals surface area contributed by atoms with Crippen LogP contribution in [0.1, 0.15) is 38.5 Å². The van der Waals surface area contributed by atoms with Crippen molar-refractivity contribution in [1.82, 2.24) is 18.6 Å². The van der Waals surface area contributed by atoms with Crippen LogP contribution in [-0.2, 0) is 40.4 Å². The normalized spacial score (nSPS) is 13.2. The van der Waals surface area contributed by atoms with Crippen LogP contribution in [0.2, 0.25) is 26.2 Å². The van der Waals surface area contributed by atoms with Crippen LogP contribution < -0.4 is 137 Å². The van der Waals surface area contributed by atoms with Crippen LogP contribution in [-0.4, -0.2) is 89.4 Å². The molecule has 0 aliphatic carbocycles. The summed E-state index contributed by atoms with van der Waals surface area (Å²) in [7, 11) is -15.7. The minimum absolute atomic E-state index is 0. The van der Waals surface area contributed by atoms with Crippen LogP contribution in [0.4, 0.5) is 0 Å². The number of rotatable bonds is 20. The Morgan fingerprint density at radius 1 is 0.189 bits per heavy atom. The molecule has 3 aliphatic rings. The summed E-state index contributed by atoms with van der Waals surface area (Å²) in [6, 6.07) is 134. The summed E-state index contributed by atoms with van der Waals surface area (Å²) in [5.74, 6) is 0. The largest absolute Gasteiger partial charge is 4.00 e. The van der Waals surface area contributed by atoms with Crippen LogP contribution >= 0.6 is 0 Å². The van der Waals surface area contributed by atoms with Gasteiger partial charge < -0.3 is 70.0 Å². The number of ether oxygens (including phenoxy) is 3. The first-order valence-corrected chi connectivity index (χ1v) is 50.2. The fraction of sp³-hybridized carbons (Fsp3) is 0.182. The third kappa shape index (κ3) is 22.8. The molecule has 12 aromatic carbocycles. The third-order valence-electron chi connectivity index (χ3n) is 19.0. The Morgan fingerprint density at radius 3 is 0.358 bits per heavy atom. The van der Waals surface area contributed by atoms with Gasteiger partial charge in [0, 0.05) is 39.6 Å². The van der Waals surface area contributed by atoms with Gasteiger partial charge in [-0.2, -0.15) is 0 Å². The second kappa shape index (κ2) is 45.2. The molecule has 0 amide bonds. The van der Waals surface area contributed by atoms with Crippen molar-refractivity contribution in [2.75, 3.05) is 39.6 Å². The molecule has 4 N–H and O–H groups in total. The molecule has 0 radical (unpaired) electrons. The van der Waals surface area contributed by atoms with E-state index in [1.165, 1.54) is 101 Å². The quantitative estimate of drug-likeness (QED) is 0.0566. The minimum Gasteiger partial charge on any atom is -1.00 e. The van der Waals surface area contributed by atoms with Gasteiger partial charge in [-0.25, -0.2) is 0 Å². The zero-order valence-corrected chi connectivity index (χ0v) is 72.7. The summed E-state index contributed by atoms with van der Waals surface area (Å²) in [6.45, 7) is 15.8. The van der Waals surface area contributed by atoms with Gasteiger partial charge in [0.25, 0.3) is 0 Å². The Labute approximate surface area is 688 Å². The van der Waals surface area contributed by atoms with Gasteiger partial charge in [0.05, 0.1) is 0 Å². The first-order chi connectivity index (χ1) is 49.6. The third-order valence-corrected chi connectivity index (χ3v) is 49.4. The van der Waals surface area contributed by atoms with Crippen molar-refractivity contribution < 1.29 is 96.5 Å². The molecule has 15 rings (SSSR count). The summed E-state index contributed by atoms with van der Waals surface area (Å²) in [6.07, 6.45) is 7.67. The molecule has 3 aliphatic heterocycles. The smallest absolute Gasteiger partial charge is 1.00 e. The van der Waals surface area contributed by atoms with Gasteiger partial charge in [-0.05, 0) is 127 Å². The Balaban J connectivity index is 0.000000265. The van der Waals surface area contributed by atoms with Crippen LogP contribution in [0.3, 0.4) is 0 Å². The molecule has 3 heterocycles. The standard InChI is InChI=1S/2C38H38N2Si3.3C4H8O.3ClH.Li.Zr/c2*1-41(2,39-42(33-21-9-3-10-22-33,34-23-11-4-12-24-34)35-25-13-5-14-26-35)40-43(36-27-15-6-16-28-36,37-29-17-7-18-30-37)38-31-19-8-20-32-38;3*1-2-4-5-3-1;;;;;/h2*3-32,39-40H,1-2H3;3*1-4H2;3*1H;;/q;;;;;;;;+1;+4/p-3. The van der Waals surface area contributed by atoms with E-state index >= 15 is 0 Å². The van der Waals surface area contributed by atoms with E-state index in [1.807, 2.05) is 0 Å². The SMILES string of the molecule is C1CCOC1.C1CCOC1.C1CCOC1.C[Si](C)(N[Si](c1ccccc1)(c1ccccc1)c1ccccc1)N[Si](c1ccccc1)(c1ccccc1)c1ccccc1.C[Si](C)(N[Si](c1ccccc1)(c1ccccc1)c1ccccc1)N[Si](c1ccccc1)(c1ccccc1)c1ccccc1.[Cl-].[Cl-].[Cl-].[Li+].[Zr+4]. The topological polar surface area (TPSA) is 75.8 Å². The maximum absolute atomic E-state index is 4.94.